The molecule has 2 heterocycles. The van der Waals surface area contributed by atoms with Crippen molar-refractivity contribution in [3.8, 4) is 0 Å². The van der Waals surface area contributed by atoms with E-state index in [-0.39, 0.29) is 30.2 Å². The number of rotatable bonds is 5. The van der Waals surface area contributed by atoms with Crippen LogP contribution in [0.1, 0.15) is 33.6 Å². The number of amides is 3. The second kappa shape index (κ2) is 9.01. The van der Waals surface area contributed by atoms with Crippen molar-refractivity contribution >= 4 is 34.7 Å². The Morgan fingerprint density at radius 2 is 1.75 bits per heavy atom. The van der Waals surface area contributed by atoms with E-state index in [0.29, 0.717) is 25.9 Å². The minimum atomic E-state index is -0.240. The third kappa shape index (κ3) is 4.78. The molecule has 0 saturated carbocycles. The summed E-state index contributed by atoms with van der Waals surface area (Å²) in [6, 6.07) is 9.50. The second-order valence-electron chi connectivity index (χ2n) is 7.08. The summed E-state index contributed by atoms with van der Waals surface area (Å²) in [5, 5.41) is 7.49. The average Bonchev–Trinajstić information content (AvgIpc) is 3.23. The predicted octanol–water partition coefficient (Wildman–Crippen LogP) is 2.97. The van der Waals surface area contributed by atoms with Crippen molar-refractivity contribution in [2.45, 2.75) is 26.7 Å². The number of likely N-dealkylation sites (tertiary alicyclic amines) is 1. The molecule has 2 N–H and O–H groups in total. The van der Waals surface area contributed by atoms with Gasteiger partial charge in [-0.15, -0.1) is 11.3 Å². The van der Waals surface area contributed by atoms with Gasteiger partial charge in [0.15, 0.2) is 0 Å². The van der Waals surface area contributed by atoms with Crippen LogP contribution in [0.5, 0.6) is 0 Å². The zero-order valence-corrected chi connectivity index (χ0v) is 17.0. The molecule has 1 fully saturated rings. The van der Waals surface area contributed by atoms with E-state index in [9.17, 15) is 14.4 Å². The van der Waals surface area contributed by atoms with Gasteiger partial charge in [-0.2, -0.15) is 0 Å². The molecule has 1 aromatic carbocycles. The topological polar surface area (TPSA) is 78.5 Å². The molecule has 28 heavy (non-hydrogen) atoms. The molecule has 0 spiro atoms. The fourth-order valence-corrected chi connectivity index (χ4v) is 4.10. The van der Waals surface area contributed by atoms with Gasteiger partial charge in [0.25, 0.3) is 5.91 Å². The number of benzene rings is 1. The molecule has 6 nitrogen and oxygen atoms in total. The van der Waals surface area contributed by atoms with Crippen LogP contribution in [-0.2, 0) is 9.59 Å². The number of nitrogens with one attached hydrogen (secondary N) is 2. The first kappa shape index (κ1) is 20.1. The lowest BCUT2D eigenvalue weighted by Gasteiger charge is -2.31. The van der Waals surface area contributed by atoms with E-state index < -0.39 is 0 Å². The summed E-state index contributed by atoms with van der Waals surface area (Å²) in [7, 11) is 0. The normalized spacial score (nSPS) is 14.6. The monoisotopic (exact) mass is 399 g/mol. The van der Waals surface area contributed by atoms with Crippen molar-refractivity contribution in [3.63, 3.8) is 0 Å². The van der Waals surface area contributed by atoms with Gasteiger partial charge in [0.05, 0.1) is 11.4 Å². The van der Waals surface area contributed by atoms with Gasteiger partial charge in [-0.3, -0.25) is 14.4 Å². The van der Waals surface area contributed by atoms with E-state index in [1.54, 1.807) is 4.90 Å². The number of carbonyl (C=O) groups is 3. The lowest BCUT2D eigenvalue weighted by atomic mass is 9.96. The number of piperidine rings is 1. The smallest absolute Gasteiger partial charge is 0.263 e. The maximum atomic E-state index is 12.4. The first-order valence-corrected chi connectivity index (χ1v) is 10.3. The summed E-state index contributed by atoms with van der Waals surface area (Å²) in [4.78, 5) is 39.5. The van der Waals surface area contributed by atoms with Crippen molar-refractivity contribution in [2.75, 3.05) is 25.0 Å². The Morgan fingerprint density at radius 3 is 2.36 bits per heavy atom. The number of hydrogen-bond acceptors (Lipinski definition) is 4. The molecule has 0 radical (unpaired) electrons. The molecule has 1 aromatic heterocycles. The van der Waals surface area contributed by atoms with E-state index >= 15 is 0 Å². The van der Waals surface area contributed by atoms with Gasteiger partial charge in [0.1, 0.15) is 0 Å². The van der Waals surface area contributed by atoms with Crippen LogP contribution in [0, 0.1) is 19.8 Å². The molecule has 0 aliphatic carbocycles. The first-order chi connectivity index (χ1) is 13.5. The van der Waals surface area contributed by atoms with Gasteiger partial charge in [-0.25, -0.2) is 0 Å². The van der Waals surface area contributed by atoms with Crippen molar-refractivity contribution in [3.05, 3.63) is 51.7 Å². The van der Waals surface area contributed by atoms with Crippen molar-refractivity contribution in [1.82, 2.24) is 10.2 Å². The third-order valence-corrected chi connectivity index (χ3v) is 5.91. The van der Waals surface area contributed by atoms with E-state index in [0.717, 1.165) is 21.7 Å². The van der Waals surface area contributed by atoms with Gasteiger partial charge in [-0.05, 0) is 49.3 Å². The summed E-state index contributed by atoms with van der Waals surface area (Å²) in [5.74, 6) is -0.502. The summed E-state index contributed by atoms with van der Waals surface area (Å²) in [6.45, 7) is 4.94. The Hall–Kier alpha value is -2.67. The van der Waals surface area contributed by atoms with Crippen molar-refractivity contribution < 1.29 is 14.4 Å². The molecule has 1 aliphatic heterocycles. The minimum Gasteiger partial charge on any atom is -0.347 e. The number of nitrogens with zero attached hydrogens (tertiary/aromatic N) is 1. The van der Waals surface area contributed by atoms with E-state index in [1.165, 1.54) is 11.3 Å². The fourth-order valence-electron chi connectivity index (χ4n) is 3.41. The lowest BCUT2D eigenvalue weighted by Crippen LogP contribution is -2.44. The maximum Gasteiger partial charge on any atom is 0.263 e. The van der Waals surface area contributed by atoms with Crippen LogP contribution in [0.4, 0.5) is 5.69 Å². The highest BCUT2D eigenvalue weighted by Crippen LogP contribution is 2.21. The quantitative estimate of drug-likeness (QED) is 0.811. The molecule has 1 aliphatic rings. The zero-order valence-electron chi connectivity index (χ0n) is 16.2. The highest BCUT2D eigenvalue weighted by molar-refractivity contribution is 7.12. The molecule has 0 bridgehead atoms. The van der Waals surface area contributed by atoms with E-state index in [1.807, 2.05) is 49.6 Å². The number of aryl methyl sites for hydroxylation is 2. The van der Waals surface area contributed by atoms with E-state index in [2.05, 4.69) is 10.6 Å². The standard InChI is InChI=1S/C21H25N3O3S/c1-14-5-3-6-15(2)19(14)23-18(25)13-22-20(26)16-8-10-24(11-9-16)21(27)17-7-4-12-28-17/h3-7,12,16H,8-11,13H2,1-2H3,(H,22,26)(H,23,25). The Labute approximate surface area is 168 Å². The van der Waals surface area contributed by atoms with Gasteiger partial charge < -0.3 is 15.5 Å². The Balaban J connectivity index is 1.44. The molecule has 1 saturated heterocycles. The predicted molar refractivity (Wildman–Crippen MR) is 111 cm³/mol. The molecule has 148 valence electrons. The summed E-state index contributed by atoms with van der Waals surface area (Å²) in [6.07, 6.45) is 1.23. The molecule has 2 aromatic rings. The molecule has 0 atom stereocenters. The number of carbonyl (C=O) groups excluding carboxylic acids is 3. The van der Waals surface area contributed by atoms with Crippen LogP contribution in [-0.4, -0.2) is 42.3 Å². The number of thiophene rings is 1. The van der Waals surface area contributed by atoms with Crippen LogP contribution in [0.2, 0.25) is 0 Å². The first-order valence-electron chi connectivity index (χ1n) is 9.42. The summed E-state index contributed by atoms with van der Waals surface area (Å²) in [5.41, 5.74) is 2.77. The molecule has 3 rings (SSSR count). The highest BCUT2D eigenvalue weighted by Gasteiger charge is 2.28. The van der Waals surface area contributed by atoms with E-state index in [4.69, 9.17) is 0 Å². The Bertz CT molecular complexity index is 836. The van der Waals surface area contributed by atoms with Crippen LogP contribution in [0.15, 0.2) is 35.7 Å². The maximum absolute atomic E-state index is 12.4. The molecule has 0 unspecified atom stereocenters. The van der Waals surface area contributed by atoms with Crippen LogP contribution >= 0.6 is 11.3 Å². The van der Waals surface area contributed by atoms with Gasteiger partial charge in [0, 0.05) is 24.7 Å². The number of hydrogen-bond donors (Lipinski definition) is 2. The van der Waals surface area contributed by atoms with Crippen LogP contribution < -0.4 is 10.6 Å². The summed E-state index contributed by atoms with van der Waals surface area (Å²) < 4.78 is 0. The Kier molecular flexibility index (Phi) is 6.46. The zero-order chi connectivity index (χ0) is 20.1. The molecule has 3 amide bonds. The Morgan fingerprint density at radius 1 is 1.07 bits per heavy atom. The minimum absolute atomic E-state index is 0.0295. The molecule has 7 heteroatoms. The van der Waals surface area contributed by atoms with Crippen molar-refractivity contribution in [2.24, 2.45) is 5.92 Å². The third-order valence-electron chi connectivity index (χ3n) is 5.05. The van der Waals surface area contributed by atoms with Gasteiger partial charge >= 0.3 is 0 Å². The number of para-hydroxylation sites is 1. The van der Waals surface area contributed by atoms with Crippen LogP contribution in [0.25, 0.3) is 0 Å². The SMILES string of the molecule is Cc1cccc(C)c1NC(=O)CNC(=O)C1CCN(C(=O)c2cccs2)CC1. The largest absolute Gasteiger partial charge is 0.347 e. The fraction of sp³-hybridized carbons (Fsp3) is 0.381. The molecular weight excluding hydrogens is 374 g/mol. The number of anilines is 1. The van der Waals surface area contributed by atoms with Crippen molar-refractivity contribution in [1.29, 1.82) is 0 Å². The summed E-state index contributed by atoms with van der Waals surface area (Å²) >= 11 is 1.43. The van der Waals surface area contributed by atoms with Crippen LogP contribution in [0.3, 0.4) is 0 Å². The highest BCUT2D eigenvalue weighted by atomic mass is 32.1. The average molecular weight is 400 g/mol. The second-order valence-corrected chi connectivity index (χ2v) is 8.02. The van der Waals surface area contributed by atoms with Gasteiger partial charge in [0.2, 0.25) is 11.8 Å². The molecular formula is C21H25N3O3S. The lowest BCUT2D eigenvalue weighted by molar-refractivity contribution is -0.128. The van der Waals surface area contributed by atoms with Gasteiger partial charge in [-0.1, -0.05) is 24.3 Å².